The molecule has 0 saturated carbocycles. The minimum absolute atomic E-state index is 0.129. The summed E-state index contributed by atoms with van der Waals surface area (Å²) in [5.74, 6) is -0.309. The highest BCUT2D eigenvalue weighted by Crippen LogP contribution is 2.30. The highest BCUT2D eigenvalue weighted by molar-refractivity contribution is 5.91. The van der Waals surface area contributed by atoms with E-state index in [1.165, 1.54) is 0 Å². The Balaban J connectivity index is 2.17. The average Bonchev–Trinajstić information content (AvgIpc) is 2.63. The van der Waals surface area contributed by atoms with Gasteiger partial charge in [-0.3, -0.25) is 4.79 Å². The number of hydrogen-bond acceptors (Lipinski definition) is 3. The summed E-state index contributed by atoms with van der Waals surface area (Å²) in [5.41, 5.74) is 0.925. The van der Waals surface area contributed by atoms with Crippen LogP contribution >= 0.6 is 0 Å². The van der Waals surface area contributed by atoms with Crippen LogP contribution in [-0.2, 0) is 9.59 Å². The first kappa shape index (κ1) is 11.2. The second kappa shape index (κ2) is 4.28. The minimum Gasteiger partial charge on any atom is -0.480 e. The van der Waals surface area contributed by atoms with Gasteiger partial charge in [0, 0.05) is 24.7 Å². The summed E-state index contributed by atoms with van der Waals surface area (Å²) in [4.78, 5) is 24.4. The normalized spacial score (nSPS) is 30.4. The van der Waals surface area contributed by atoms with Gasteiger partial charge in [0.05, 0.1) is 0 Å². The third-order valence-corrected chi connectivity index (χ3v) is 3.34. The molecule has 0 aromatic carbocycles. The van der Waals surface area contributed by atoms with Gasteiger partial charge in [0.2, 0.25) is 0 Å². The van der Waals surface area contributed by atoms with Gasteiger partial charge < -0.3 is 10.0 Å². The predicted octanol–water partition coefficient (Wildman–Crippen LogP) is 1.42. The quantitative estimate of drug-likeness (QED) is 0.769. The zero-order chi connectivity index (χ0) is 11.7. The second-order valence-electron chi connectivity index (χ2n) is 4.81. The van der Waals surface area contributed by atoms with Crippen LogP contribution in [0.2, 0.25) is 0 Å². The van der Waals surface area contributed by atoms with E-state index in [0.29, 0.717) is 18.8 Å². The van der Waals surface area contributed by atoms with Crippen LogP contribution in [-0.4, -0.2) is 34.3 Å². The van der Waals surface area contributed by atoms with E-state index in [4.69, 9.17) is 5.11 Å². The van der Waals surface area contributed by atoms with Crippen LogP contribution in [0.1, 0.15) is 32.6 Å². The lowest BCUT2D eigenvalue weighted by Gasteiger charge is -2.30. The molecule has 1 heterocycles. The van der Waals surface area contributed by atoms with E-state index in [1.54, 1.807) is 6.08 Å². The summed E-state index contributed by atoms with van der Waals surface area (Å²) in [6.07, 6.45) is 4.65. The van der Waals surface area contributed by atoms with Crippen molar-refractivity contribution in [3.8, 4) is 0 Å². The monoisotopic (exact) mass is 223 g/mol. The number of carboxylic acids is 1. The molecule has 2 rings (SSSR count). The van der Waals surface area contributed by atoms with Crippen molar-refractivity contribution in [2.75, 3.05) is 6.54 Å². The van der Waals surface area contributed by atoms with Gasteiger partial charge in [0.1, 0.15) is 6.04 Å². The molecule has 2 atom stereocenters. The number of carbonyl (C=O) groups is 2. The maximum Gasteiger partial charge on any atom is 0.326 e. The first-order chi connectivity index (χ1) is 7.58. The molecule has 1 aliphatic carbocycles. The largest absolute Gasteiger partial charge is 0.480 e. The maximum atomic E-state index is 11.5. The summed E-state index contributed by atoms with van der Waals surface area (Å²) in [6, 6.07) is -0.427. The van der Waals surface area contributed by atoms with Crippen LogP contribution in [0.25, 0.3) is 0 Å². The first-order valence-electron chi connectivity index (χ1n) is 5.81. The van der Waals surface area contributed by atoms with E-state index < -0.39 is 12.0 Å². The summed E-state index contributed by atoms with van der Waals surface area (Å²) < 4.78 is 0. The number of carbonyl (C=O) groups excluding carboxylic acids is 1. The van der Waals surface area contributed by atoms with Gasteiger partial charge in [-0.25, -0.2) is 4.79 Å². The van der Waals surface area contributed by atoms with Crippen molar-refractivity contribution in [1.29, 1.82) is 0 Å². The molecule has 0 spiro atoms. The molecular formula is C12H17NO3. The smallest absolute Gasteiger partial charge is 0.326 e. The van der Waals surface area contributed by atoms with E-state index in [2.05, 4.69) is 0 Å². The van der Waals surface area contributed by atoms with Crippen molar-refractivity contribution in [2.45, 2.75) is 38.6 Å². The predicted molar refractivity (Wildman–Crippen MR) is 58.9 cm³/mol. The van der Waals surface area contributed by atoms with Crippen LogP contribution in [0, 0.1) is 5.92 Å². The highest BCUT2D eigenvalue weighted by atomic mass is 16.4. The zero-order valence-electron chi connectivity index (χ0n) is 9.48. The van der Waals surface area contributed by atoms with Crippen molar-refractivity contribution in [3.63, 3.8) is 0 Å². The molecule has 0 aromatic rings. The number of carboxylic acid groups (broad SMARTS) is 1. The van der Waals surface area contributed by atoms with Gasteiger partial charge in [-0.2, -0.15) is 0 Å². The van der Waals surface area contributed by atoms with E-state index >= 15 is 0 Å². The summed E-state index contributed by atoms with van der Waals surface area (Å²) >= 11 is 0. The van der Waals surface area contributed by atoms with Crippen molar-refractivity contribution in [3.05, 3.63) is 11.8 Å². The number of nitrogens with zero attached hydrogens (tertiary/aromatic N) is 1. The molecule has 4 nitrogen and oxygen atoms in total. The number of ketones is 1. The molecule has 0 aromatic heterocycles. The lowest BCUT2D eigenvalue weighted by atomic mass is 9.92. The van der Waals surface area contributed by atoms with Gasteiger partial charge >= 0.3 is 5.97 Å². The van der Waals surface area contributed by atoms with Gasteiger partial charge in [0.15, 0.2) is 5.78 Å². The molecule has 0 radical (unpaired) electrons. The van der Waals surface area contributed by atoms with E-state index in [0.717, 1.165) is 25.1 Å². The Morgan fingerprint density at radius 1 is 1.50 bits per heavy atom. The molecule has 1 fully saturated rings. The molecule has 1 saturated heterocycles. The number of likely N-dealkylation sites (tertiary alicyclic amines) is 1. The zero-order valence-corrected chi connectivity index (χ0v) is 9.48. The number of allylic oxidation sites excluding steroid dienone is 2. The minimum atomic E-state index is -0.774. The topological polar surface area (TPSA) is 57.6 Å². The molecule has 0 amide bonds. The molecule has 2 aliphatic rings. The third kappa shape index (κ3) is 2.10. The first-order valence-corrected chi connectivity index (χ1v) is 5.81. The van der Waals surface area contributed by atoms with E-state index in [9.17, 15) is 9.59 Å². The molecule has 1 aliphatic heterocycles. The number of aliphatic carboxylic acids is 1. The molecule has 88 valence electrons. The summed E-state index contributed by atoms with van der Waals surface area (Å²) in [5, 5.41) is 9.09. The Morgan fingerprint density at radius 3 is 2.88 bits per heavy atom. The van der Waals surface area contributed by atoms with Crippen LogP contribution < -0.4 is 0 Å². The molecule has 0 unspecified atom stereocenters. The van der Waals surface area contributed by atoms with Gasteiger partial charge in [-0.05, 0) is 25.2 Å². The van der Waals surface area contributed by atoms with Crippen LogP contribution in [0.5, 0.6) is 0 Å². The molecule has 4 heteroatoms. The SMILES string of the molecule is C[C@H]1CC(=O)C=C(N2CCC[C@H]2C(=O)O)C1. The third-order valence-electron chi connectivity index (χ3n) is 3.34. The Labute approximate surface area is 94.9 Å². The lowest BCUT2D eigenvalue weighted by Crippen LogP contribution is -2.37. The molecule has 1 N–H and O–H groups in total. The lowest BCUT2D eigenvalue weighted by molar-refractivity contribution is -0.141. The fraction of sp³-hybridized carbons (Fsp3) is 0.667. The van der Waals surface area contributed by atoms with E-state index in [-0.39, 0.29) is 5.78 Å². The van der Waals surface area contributed by atoms with E-state index in [1.807, 2.05) is 11.8 Å². The maximum absolute atomic E-state index is 11.5. The Bertz CT molecular complexity index is 348. The van der Waals surface area contributed by atoms with Crippen molar-refractivity contribution < 1.29 is 14.7 Å². The van der Waals surface area contributed by atoms with Crippen LogP contribution in [0.15, 0.2) is 11.8 Å². The van der Waals surface area contributed by atoms with Crippen molar-refractivity contribution in [2.24, 2.45) is 5.92 Å². The van der Waals surface area contributed by atoms with Crippen LogP contribution in [0.4, 0.5) is 0 Å². The molecular weight excluding hydrogens is 206 g/mol. The Hall–Kier alpha value is -1.32. The van der Waals surface area contributed by atoms with Crippen molar-refractivity contribution >= 4 is 11.8 Å². The number of rotatable bonds is 2. The average molecular weight is 223 g/mol. The molecule has 16 heavy (non-hydrogen) atoms. The summed E-state index contributed by atoms with van der Waals surface area (Å²) in [6.45, 7) is 2.81. The Kier molecular flexibility index (Phi) is 2.99. The van der Waals surface area contributed by atoms with Gasteiger partial charge in [-0.1, -0.05) is 6.92 Å². The number of hydrogen-bond donors (Lipinski definition) is 1. The highest BCUT2D eigenvalue weighted by Gasteiger charge is 2.33. The van der Waals surface area contributed by atoms with Gasteiger partial charge in [0.25, 0.3) is 0 Å². The van der Waals surface area contributed by atoms with Crippen molar-refractivity contribution in [1.82, 2.24) is 4.90 Å². The second-order valence-corrected chi connectivity index (χ2v) is 4.81. The fourth-order valence-corrected chi connectivity index (χ4v) is 2.64. The Morgan fingerprint density at radius 2 is 2.25 bits per heavy atom. The standard InChI is InChI=1S/C12H17NO3/c1-8-5-9(7-10(14)6-8)13-4-2-3-11(13)12(15)16/h7-8,11H,2-6H2,1H3,(H,15,16)/t8-,11+/m1/s1. The van der Waals surface area contributed by atoms with Crippen LogP contribution in [0.3, 0.4) is 0 Å². The fourth-order valence-electron chi connectivity index (χ4n) is 2.64. The summed E-state index contributed by atoms with van der Waals surface area (Å²) in [7, 11) is 0. The molecule has 0 bridgehead atoms. The van der Waals surface area contributed by atoms with Gasteiger partial charge in [-0.15, -0.1) is 0 Å².